The SMILES string of the molecule is COc1ccc(N2C(=N)c3ccoc3NC2c2ccc3cc[nH]c3c2)cc1. The van der Waals surface area contributed by atoms with Crippen LogP contribution < -0.4 is 15.0 Å². The second kappa shape index (κ2) is 5.95. The Hall–Kier alpha value is -3.67. The summed E-state index contributed by atoms with van der Waals surface area (Å²) < 4.78 is 10.8. The van der Waals surface area contributed by atoms with Crippen LogP contribution in [0.1, 0.15) is 17.3 Å². The van der Waals surface area contributed by atoms with Crippen molar-refractivity contribution >= 4 is 28.3 Å². The van der Waals surface area contributed by atoms with E-state index >= 15 is 0 Å². The van der Waals surface area contributed by atoms with E-state index < -0.39 is 0 Å². The molecule has 0 radical (unpaired) electrons. The average molecular weight is 358 g/mol. The van der Waals surface area contributed by atoms with Gasteiger partial charge in [-0.3, -0.25) is 5.41 Å². The standard InChI is InChI=1S/C21H18N4O2/c1-26-16-6-4-15(5-7-16)25-19(22)17-9-11-27-21(17)24-20(25)14-3-2-13-8-10-23-18(13)12-14/h2-12,20,22-24H,1H3. The highest BCUT2D eigenvalue weighted by Gasteiger charge is 2.33. The first-order chi connectivity index (χ1) is 13.2. The molecule has 0 spiro atoms. The van der Waals surface area contributed by atoms with Crippen molar-refractivity contribution in [2.75, 3.05) is 17.3 Å². The molecule has 27 heavy (non-hydrogen) atoms. The molecule has 1 aliphatic rings. The second-order valence-electron chi connectivity index (χ2n) is 6.45. The number of rotatable bonds is 3. The lowest BCUT2D eigenvalue weighted by Crippen LogP contribution is -2.42. The topological polar surface area (TPSA) is 77.3 Å². The van der Waals surface area contributed by atoms with Gasteiger partial charge in [0.25, 0.3) is 0 Å². The third-order valence-corrected chi connectivity index (χ3v) is 4.93. The van der Waals surface area contributed by atoms with Crippen molar-refractivity contribution in [3.63, 3.8) is 0 Å². The van der Waals surface area contributed by atoms with Gasteiger partial charge in [0.15, 0.2) is 0 Å². The highest BCUT2D eigenvalue weighted by atomic mass is 16.5. The van der Waals surface area contributed by atoms with Gasteiger partial charge in [0, 0.05) is 17.4 Å². The molecule has 134 valence electrons. The van der Waals surface area contributed by atoms with E-state index in [9.17, 15) is 0 Å². The van der Waals surface area contributed by atoms with E-state index in [1.54, 1.807) is 13.4 Å². The Labute approximate surface area is 155 Å². The minimum absolute atomic E-state index is 0.266. The Morgan fingerprint density at radius 2 is 1.93 bits per heavy atom. The maximum atomic E-state index is 8.78. The van der Waals surface area contributed by atoms with Crippen molar-refractivity contribution in [2.45, 2.75) is 6.17 Å². The Balaban J connectivity index is 1.64. The number of hydrogen-bond donors (Lipinski definition) is 3. The molecule has 6 nitrogen and oxygen atoms in total. The fraction of sp³-hybridized carbons (Fsp3) is 0.0952. The highest BCUT2D eigenvalue weighted by molar-refractivity contribution is 6.13. The van der Waals surface area contributed by atoms with Crippen LogP contribution in [0.3, 0.4) is 0 Å². The minimum Gasteiger partial charge on any atom is -0.497 e. The summed E-state index contributed by atoms with van der Waals surface area (Å²) in [5.74, 6) is 1.78. The van der Waals surface area contributed by atoms with Crippen LogP contribution in [0.2, 0.25) is 0 Å². The normalized spacial score (nSPS) is 16.3. The van der Waals surface area contributed by atoms with E-state index in [2.05, 4.69) is 28.5 Å². The molecule has 1 unspecified atom stereocenters. The van der Waals surface area contributed by atoms with Crippen LogP contribution in [0.4, 0.5) is 11.6 Å². The van der Waals surface area contributed by atoms with Crippen molar-refractivity contribution in [3.8, 4) is 5.75 Å². The number of amidine groups is 1. The molecule has 2 aromatic carbocycles. The predicted molar refractivity (Wildman–Crippen MR) is 106 cm³/mol. The fourth-order valence-corrected chi connectivity index (χ4v) is 3.54. The number of furan rings is 1. The lowest BCUT2D eigenvalue weighted by Gasteiger charge is -2.38. The molecule has 0 bridgehead atoms. The predicted octanol–water partition coefficient (Wildman–Crippen LogP) is 4.73. The molecule has 1 atom stereocenters. The number of hydrogen-bond acceptors (Lipinski definition) is 4. The molecule has 0 amide bonds. The van der Waals surface area contributed by atoms with Crippen molar-refractivity contribution in [1.29, 1.82) is 5.41 Å². The molecular formula is C21H18N4O2. The molecule has 0 fully saturated rings. The van der Waals surface area contributed by atoms with Gasteiger partial charge in [0.2, 0.25) is 5.88 Å². The lowest BCUT2D eigenvalue weighted by atomic mass is 10.0. The van der Waals surface area contributed by atoms with E-state index in [0.29, 0.717) is 11.7 Å². The summed E-state index contributed by atoms with van der Waals surface area (Å²) in [5.41, 5.74) is 3.73. The first kappa shape index (κ1) is 15.6. The van der Waals surface area contributed by atoms with Gasteiger partial charge in [-0.05, 0) is 53.4 Å². The summed E-state index contributed by atoms with van der Waals surface area (Å²) in [6.45, 7) is 0. The molecule has 5 rings (SSSR count). The lowest BCUT2D eigenvalue weighted by molar-refractivity contribution is 0.415. The number of nitrogens with zero attached hydrogens (tertiary/aromatic N) is 1. The zero-order valence-electron chi connectivity index (χ0n) is 14.7. The molecule has 0 saturated carbocycles. The summed E-state index contributed by atoms with van der Waals surface area (Å²) in [4.78, 5) is 5.21. The Kier molecular flexibility index (Phi) is 3.43. The Morgan fingerprint density at radius 1 is 1.07 bits per heavy atom. The first-order valence-electron chi connectivity index (χ1n) is 8.68. The third kappa shape index (κ3) is 2.45. The summed E-state index contributed by atoms with van der Waals surface area (Å²) in [6, 6.07) is 17.8. The van der Waals surface area contributed by atoms with Gasteiger partial charge in [-0.25, -0.2) is 0 Å². The van der Waals surface area contributed by atoms with Crippen LogP contribution in [0.15, 0.2) is 71.5 Å². The number of aromatic nitrogens is 1. The molecular weight excluding hydrogens is 340 g/mol. The van der Waals surface area contributed by atoms with E-state index in [1.807, 2.05) is 47.5 Å². The first-order valence-corrected chi connectivity index (χ1v) is 8.68. The largest absolute Gasteiger partial charge is 0.497 e. The molecule has 3 N–H and O–H groups in total. The van der Waals surface area contributed by atoms with E-state index in [1.165, 1.54) is 0 Å². The molecule has 0 aliphatic carbocycles. The number of fused-ring (bicyclic) bond motifs is 2. The summed E-state index contributed by atoms with van der Waals surface area (Å²) >= 11 is 0. The average Bonchev–Trinajstić information content (AvgIpc) is 3.36. The van der Waals surface area contributed by atoms with Crippen LogP contribution in [-0.2, 0) is 0 Å². The van der Waals surface area contributed by atoms with Crippen molar-refractivity contribution in [3.05, 3.63) is 78.2 Å². The van der Waals surface area contributed by atoms with E-state index in [-0.39, 0.29) is 6.17 Å². The fourth-order valence-electron chi connectivity index (χ4n) is 3.54. The molecule has 6 heteroatoms. The van der Waals surface area contributed by atoms with E-state index in [4.69, 9.17) is 14.6 Å². The van der Waals surface area contributed by atoms with Gasteiger partial charge in [0.05, 0.1) is 18.9 Å². The van der Waals surface area contributed by atoms with Gasteiger partial charge < -0.3 is 24.4 Å². The number of aromatic amines is 1. The molecule has 3 heterocycles. The van der Waals surface area contributed by atoms with Crippen LogP contribution in [0.5, 0.6) is 5.75 Å². The van der Waals surface area contributed by atoms with Gasteiger partial charge in [-0.2, -0.15) is 0 Å². The van der Waals surface area contributed by atoms with Crippen molar-refractivity contribution in [2.24, 2.45) is 0 Å². The number of H-pyrrole nitrogens is 1. The van der Waals surface area contributed by atoms with Crippen molar-refractivity contribution in [1.82, 2.24) is 4.98 Å². The van der Waals surface area contributed by atoms with Crippen LogP contribution in [-0.4, -0.2) is 17.9 Å². The van der Waals surface area contributed by atoms with Gasteiger partial charge in [-0.15, -0.1) is 0 Å². The number of benzene rings is 2. The highest BCUT2D eigenvalue weighted by Crippen LogP contribution is 2.38. The van der Waals surface area contributed by atoms with Crippen LogP contribution >= 0.6 is 0 Å². The van der Waals surface area contributed by atoms with Crippen molar-refractivity contribution < 1.29 is 9.15 Å². The molecule has 1 aliphatic heterocycles. The third-order valence-electron chi connectivity index (χ3n) is 4.93. The number of ether oxygens (including phenoxy) is 1. The monoisotopic (exact) mass is 358 g/mol. The van der Waals surface area contributed by atoms with Gasteiger partial charge in [-0.1, -0.05) is 12.1 Å². The summed E-state index contributed by atoms with van der Waals surface area (Å²) in [5, 5.41) is 13.4. The van der Waals surface area contributed by atoms with Crippen LogP contribution in [0, 0.1) is 5.41 Å². The quantitative estimate of drug-likeness (QED) is 0.495. The maximum Gasteiger partial charge on any atom is 0.205 e. The molecule has 2 aromatic heterocycles. The smallest absolute Gasteiger partial charge is 0.205 e. The minimum atomic E-state index is -0.266. The number of nitrogens with one attached hydrogen (secondary N) is 3. The second-order valence-corrected chi connectivity index (χ2v) is 6.45. The van der Waals surface area contributed by atoms with Gasteiger partial charge in [0.1, 0.15) is 17.8 Å². The summed E-state index contributed by atoms with van der Waals surface area (Å²) in [7, 11) is 1.64. The zero-order chi connectivity index (χ0) is 18.4. The van der Waals surface area contributed by atoms with Gasteiger partial charge >= 0.3 is 0 Å². The number of anilines is 2. The number of methoxy groups -OCH3 is 1. The van der Waals surface area contributed by atoms with E-state index in [0.717, 1.165) is 33.5 Å². The van der Waals surface area contributed by atoms with Crippen LogP contribution in [0.25, 0.3) is 10.9 Å². The Bertz CT molecular complexity index is 1130. The molecule has 4 aromatic rings. The molecule has 0 saturated heterocycles. The Morgan fingerprint density at radius 3 is 2.74 bits per heavy atom. The summed E-state index contributed by atoms with van der Waals surface area (Å²) in [6.07, 6.45) is 3.27. The maximum absolute atomic E-state index is 8.78. The zero-order valence-corrected chi connectivity index (χ0v) is 14.7.